The molecule has 1 rings (SSSR count). The molecule has 0 aliphatic rings. The summed E-state index contributed by atoms with van der Waals surface area (Å²) in [7, 11) is -3.35. The molecule has 94 valence electrons. The van der Waals surface area contributed by atoms with Gasteiger partial charge in [0.15, 0.2) is 9.84 Å². The van der Waals surface area contributed by atoms with E-state index in [0.29, 0.717) is 10.8 Å². The minimum atomic E-state index is -3.35. The van der Waals surface area contributed by atoms with Crippen LogP contribution in [0.25, 0.3) is 0 Å². The molecule has 0 saturated carbocycles. The minimum absolute atomic E-state index is 0.214. The highest BCUT2D eigenvalue weighted by Gasteiger charge is 2.10. The lowest BCUT2D eigenvalue weighted by molar-refractivity contribution is 0.546. The van der Waals surface area contributed by atoms with Crippen molar-refractivity contribution in [1.82, 2.24) is 0 Å². The summed E-state index contributed by atoms with van der Waals surface area (Å²) in [5.41, 5.74) is 5.81. The van der Waals surface area contributed by atoms with E-state index in [-0.39, 0.29) is 6.04 Å². The summed E-state index contributed by atoms with van der Waals surface area (Å²) in [6.07, 6.45) is 2.34. The van der Waals surface area contributed by atoms with Crippen molar-refractivity contribution in [2.75, 3.05) is 0 Å². The minimum Gasteiger partial charge on any atom is -0.324 e. The highest BCUT2D eigenvalue weighted by molar-refractivity contribution is 7.94. The summed E-state index contributed by atoms with van der Waals surface area (Å²) < 4.78 is 23.8. The van der Waals surface area contributed by atoms with E-state index in [4.69, 9.17) is 5.73 Å². The van der Waals surface area contributed by atoms with Crippen LogP contribution in [0, 0.1) is 5.92 Å². The van der Waals surface area contributed by atoms with Crippen molar-refractivity contribution in [3.8, 4) is 0 Å². The maximum atomic E-state index is 11.9. The summed E-state index contributed by atoms with van der Waals surface area (Å²) in [5, 5.41) is 1.20. The van der Waals surface area contributed by atoms with Crippen molar-refractivity contribution < 1.29 is 8.42 Å². The topological polar surface area (TPSA) is 60.2 Å². The van der Waals surface area contributed by atoms with Gasteiger partial charge < -0.3 is 5.73 Å². The Bertz CT molecular complexity index is 463. The van der Waals surface area contributed by atoms with E-state index >= 15 is 0 Å². The number of nitrogens with two attached hydrogens (primary N) is 1. The molecule has 0 aliphatic heterocycles. The molecule has 0 radical (unpaired) electrons. The van der Waals surface area contributed by atoms with Crippen molar-refractivity contribution >= 4 is 9.84 Å². The van der Waals surface area contributed by atoms with Gasteiger partial charge in [0.25, 0.3) is 0 Å². The lowest BCUT2D eigenvalue weighted by Gasteiger charge is -2.08. The predicted octanol–water partition coefficient (Wildman–Crippen LogP) is 2.35. The van der Waals surface area contributed by atoms with Gasteiger partial charge in [-0.3, -0.25) is 0 Å². The fourth-order valence-corrected chi connectivity index (χ4v) is 2.62. The van der Waals surface area contributed by atoms with Gasteiger partial charge in [-0.15, -0.1) is 0 Å². The first kappa shape index (κ1) is 13.9. The molecule has 1 aromatic carbocycles. The van der Waals surface area contributed by atoms with Gasteiger partial charge in [0.2, 0.25) is 0 Å². The van der Waals surface area contributed by atoms with Gasteiger partial charge in [0.05, 0.1) is 4.90 Å². The van der Waals surface area contributed by atoms with Crippen molar-refractivity contribution in [2.24, 2.45) is 11.7 Å². The molecule has 0 saturated heterocycles. The first-order chi connectivity index (χ1) is 7.92. The molecule has 4 heteroatoms. The number of hydrogen-bond donors (Lipinski definition) is 1. The predicted molar refractivity (Wildman–Crippen MR) is 70.2 cm³/mol. The van der Waals surface area contributed by atoms with Crippen molar-refractivity contribution in [3.05, 3.63) is 41.8 Å². The van der Waals surface area contributed by atoms with Crippen molar-refractivity contribution in [3.63, 3.8) is 0 Å². The zero-order chi connectivity index (χ0) is 12.9. The zero-order valence-electron chi connectivity index (χ0n) is 10.2. The normalized spacial score (nSPS) is 14.4. The lowest BCUT2D eigenvalue weighted by atomic mass is 10.1. The molecule has 2 N–H and O–H groups in total. The Morgan fingerprint density at radius 1 is 1.24 bits per heavy atom. The number of hydrogen-bond acceptors (Lipinski definition) is 3. The van der Waals surface area contributed by atoms with E-state index in [2.05, 4.69) is 13.8 Å². The van der Waals surface area contributed by atoms with Gasteiger partial charge in [-0.05, 0) is 24.5 Å². The Labute approximate surface area is 103 Å². The molecule has 1 atom stereocenters. The van der Waals surface area contributed by atoms with Gasteiger partial charge in [0, 0.05) is 11.4 Å². The Balaban J connectivity index is 2.77. The standard InChI is InChI=1S/C13H19NO2S/c1-11(2)10-12(14)8-9-17(15,16)13-6-4-3-5-7-13/h3-9,11-12H,10,14H2,1-2H3/b9-8+/t12-/m0/s1. The number of rotatable bonds is 5. The Morgan fingerprint density at radius 2 is 1.82 bits per heavy atom. The SMILES string of the molecule is CC(C)C[C@@H](N)/C=C/S(=O)(=O)c1ccccc1. The van der Waals surface area contributed by atoms with Crippen LogP contribution in [0.4, 0.5) is 0 Å². The number of sulfone groups is 1. The second kappa shape index (κ2) is 5.98. The highest BCUT2D eigenvalue weighted by Crippen LogP contribution is 2.12. The molecule has 0 bridgehead atoms. The molecule has 0 aromatic heterocycles. The third-order valence-electron chi connectivity index (χ3n) is 2.32. The lowest BCUT2D eigenvalue weighted by Crippen LogP contribution is -2.19. The molecule has 17 heavy (non-hydrogen) atoms. The third kappa shape index (κ3) is 4.71. The molecular weight excluding hydrogens is 234 g/mol. The summed E-state index contributed by atoms with van der Waals surface area (Å²) in [6.45, 7) is 4.11. The van der Waals surface area contributed by atoms with Crippen LogP contribution >= 0.6 is 0 Å². The molecule has 0 spiro atoms. The van der Waals surface area contributed by atoms with E-state index in [1.54, 1.807) is 36.4 Å². The molecule has 0 amide bonds. The third-order valence-corrected chi connectivity index (χ3v) is 3.76. The molecule has 1 aromatic rings. The fraction of sp³-hybridized carbons (Fsp3) is 0.385. The Kier molecular flexibility index (Phi) is 4.90. The van der Waals surface area contributed by atoms with Crippen molar-refractivity contribution in [2.45, 2.75) is 31.2 Å². The van der Waals surface area contributed by atoms with E-state index in [1.165, 1.54) is 5.41 Å². The average molecular weight is 253 g/mol. The molecule has 0 unspecified atom stereocenters. The van der Waals surface area contributed by atoms with Gasteiger partial charge in [0.1, 0.15) is 0 Å². The van der Waals surface area contributed by atoms with Crippen LogP contribution in [0.3, 0.4) is 0 Å². The zero-order valence-corrected chi connectivity index (χ0v) is 11.0. The van der Waals surface area contributed by atoms with Crippen LogP contribution in [0.5, 0.6) is 0 Å². The molecule has 0 heterocycles. The Morgan fingerprint density at radius 3 is 2.35 bits per heavy atom. The van der Waals surface area contributed by atoms with Crippen LogP contribution in [-0.4, -0.2) is 14.5 Å². The molecular formula is C13H19NO2S. The van der Waals surface area contributed by atoms with E-state index in [0.717, 1.165) is 6.42 Å². The maximum absolute atomic E-state index is 11.9. The monoisotopic (exact) mass is 253 g/mol. The second-order valence-corrected chi connectivity index (χ2v) is 6.31. The molecule has 0 aliphatic carbocycles. The Hall–Kier alpha value is -1.13. The highest BCUT2D eigenvalue weighted by atomic mass is 32.2. The average Bonchev–Trinajstić information content (AvgIpc) is 2.27. The van der Waals surface area contributed by atoms with Gasteiger partial charge in [-0.1, -0.05) is 38.1 Å². The second-order valence-electron chi connectivity index (χ2n) is 4.48. The fourth-order valence-electron chi connectivity index (χ4n) is 1.52. The quantitative estimate of drug-likeness (QED) is 0.876. The van der Waals surface area contributed by atoms with Gasteiger partial charge in [-0.25, -0.2) is 8.42 Å². The summed E-state index contributed by atoms with van der Waals surface area (Å²) in [6, 6.07) is 8.13. The van der Waals surface area contributed by atoms with Gasteiger partial charge in [-0.2, -0.15) is 0 Å². The van der Waals surface area contributed by atoms with Crippen LogP contribution in [0.15, 0.2) is 46.7 Å². The van der Waals surface area contributed by atoms with Crippen LogP contribution in [0.2, 0.25) is 0 Å². The molecule has 3 nitrogen and oxygen atoms in total. The van der Waals surface area contributed by atoms with Crippen molar-refractivity contribution in [1.29, 1.82) is 0 Å². The first-order valence-corrected chi connectivity index (χ1v) is 7.20. The van der Waals surface area contributed by atoms with E-state index < -0.39 is 9.84 Å². The summed E-state index contributed by atoms with van der Waals surface area (Å²) >= 11 is 0. The first-order valence-electron chi connectivity index (χ1n) is 5.66. The summed E-state index contributed by atoms with van der Waals surface area (Å²) in [5.74, 6) is 0.453. The molecule has 0 fully saturated rings. The largest absolute Gasteiger partial charge is 0.324 e. The van der Waals surface area contributed by atoms with Gasteiger partial charge >= 0.3 is 0 Å². The maximum Gasteiger partial charge on any atom is 0.199 e. The smallest absolute Gasteiger partial charge is 0.199 e. The van der Waals surface area contributed by atoms with E-state index in [9.17, 15) is 8.42 Å². The van der Waals surface area contributed by atoms with Crippen LogP contribution in [-0.2, 0) is 9.84 Å². The number of benzene rings is 1. The van der Waals surface area contributed by atoms with E-state index in [1.807, 2.05) is 0 Å². The van der Waals surface area contributed by atoms with Crippen LogP contribution < -0.4 is 5.73 Å². The van der Waals surface area contributed by atoms with Crippen LogP contribution in [0.1, 0.15) is 20.3 Å². The summed E-state index contributed by atoms with van der Waals surface area (Å²) in [4.78, 5) is 0.299.